The Kier molecular flexibility index (Phi) is 5.33. The van der Waals surface area contributed by atoms with E-state index in [0.717, 1.165) is 0 Å². The first kappa shape index (κ1) is 19.5. The van der Waals surface area contributed by atoms with Gasteiger partial charge in [0, 0.05) is 6.42 Å². The van der Waals surface area contributed by atoms with Crippen molar-refractivity contribution >= 4 is 44.7 Å². The van der Waals surface area contributed by atoms with Crippen molar-refractivity contribution in [2.75, 3.05) is 12.3 Å². The van der Waals surface area contributed by atoms with Gasteiger partial charge in [0.25, 0.3) is 5.91 Å². The highest BCUT2D eigenvalue weighted by molar-refractivity contribution is 9.10. The molecule has 11 nitrogen and oxygen atoms in total. The van der Waals surface area contributed by atoms with Gasteiger partial charge in [-0.25, -0.2) is 9.97 Å². The van der Waals surface area contributed by atoms with Crippen LogP contribution in [-0.2, 0) is 14.3 Å². The van der Waals surface area contributed by atoms with E-state index in [4.69, 9.17) is 20.9 Å². The number of aliphatic hydroxyl groups is 2. The van der Waals surface area contributed by atoms with Gasteiger partial charge in [-0.2, -0.15) is 0 Å². The van der Waals surface area contributed by atoms with E-state index in [1.54, 1.807) is 6.92 Å². The molecule has 3 rings (SSSR count). The van der Waals surface area contributed by atoms with E-state index in [2.05, 4.69) is 25.9 Å². The topological polar surface area (TPSA) is 176 Å². The summed E-state index contributed by atoms with van der Waals surface area (Å²) in [6, 6.07) is 0. The predicted molar refractivity (Wildman–Crippen MR) is 95.3 cm³/mol. The summed E-state index contributed by atoms with van der Waals surface area (Å²) in [7, 11) is 0. The van der Waals surface area contributed by atoms with Crippen molar-refractivity contribution in [3.05, 3.63) is 16.5 Å². The quantitative estimate of drug-likeness (QED) is 0.441. The Morgan fingerprint density at radius 2 is 2.07 bits per heavy atom. The van der Waals surface area contributed by atoms with E-state index in [1.165, 1.54) is 10.9 Å². The van der Waals surface area contributed by atoms with Crippen LogP contribution in [0.4, 0.5) is 5.82 Å². The molecular formula is C15H18BrN5O6. The summed E-state index contributed by atoms with van der Waals surface area (Å²) < 4.78 is 12.2. The molecule has 1 aliphatic heterocycles. The average molecular weight is 444 g/mol. The van der Waals surface area contributed by atoms with E-state index in [9.17, 15) is 19.8 Å². The summed E-state index contributed by atoms with van der Waals surface area (Å²) >= 11 is 3.26. The minimum Gasteiger partial charge on any atom is -0.463 e. The predicted octanol–water partition coefficient (Wildman–Crippen LogP) is -0.553. The molecule has 2 aromatic rings. The Hall–Kier alpha value is -2.28. The molecule has 0 unspecified atom stereocenters. The van der Waals surface area contributed by atoms with Gasteiger partial charge in [0.2, 0.25) is 0 Å². The maximum absolute atomic E-state index is 11.9. The van der Waals surface area contributed by atoms with Crippen molar-refractivity contribution in [1.82, 2.24) is 14.5 Å². The number of carbonyl (C=O) groups is 2. The van der Waals surface area contributed by atoms with Crippen LogP contribution in [0.2, 0.25) is 0 Å². The van der Waals surface area contributed by atoms with Crippen LogP contribution in [0.25, 0.3) is 11.0 Å². The number of nitrogens with two attached hydrogens (primary N) is 2. The standard InChI is InChI=1S/C15H18BrN5O6/c1-2-6(22)26-3-5-9(23)10(24)15(27-5)21-11(16)7(13(18)25)8-12(17)19-4-20-14(8)21/h4-5,9-10,15,23-24H,2-3H2,1H3,(H2,18,25)(H2,17,19,20)/t5-,9-,10-,15-/m0/s1. The Labute approximate surface area is 161 Å². The van der Waals surface area contributed by atoms with Crippen molar-refractivity contribution in [3.63, 3.8) is 0 Å². The largest absolute Gasteiger partial charge is 0.463 e. The van der Waals surface area contributed by atoms with Crippen LogP contribution < -0.4 is 11.5 Å². The summed E-state index contributed by atoms with van der Waals surface area (Å²) in [6.45, 7) is 1.39. The molecule has 0 aromatic carbocycles. The minimum absolute atomic E-state index is 0.0225. The normalized spacial score (nSPS) is 25.0. The molecule has 4 atom stereocenters. The number of amides is 1. The van der Waals surface area contributed by atoms with Gasteiger partial charge in [0.1, 0.15) is 47.3 Å². The van der Waals surface area contributed by atoms with Gasteiger partial charge in [0.15, 0.2) is 6.23 Å². The van der Waals surface area contributed by atoms with Crippen LogP contribution in [0.1, 0.15) is 29.9 Å². The third kappa shape index (κ3) is 3.25. The highest BCUT2D eigenvalue weighted by atomic mass is 79.9. The highest BCUT2D eigenvalue weighted by Gasteiger charge is 2.46. The molecule has 146 valence electrons. The van der Waals surface area contributed by atoms with Crippen LogP contribution >= 0.6 is 15.9 Å². The number of hydrogen-bond donors (Lipinski definition) is 4. The molecule has 27 heavy (non-hydrogen) atoms. The number of anilines is 1. The number of halogens is 1. The first-order valence-corrected chi connectivity index (χ1v) is 8.84. The third-order valence-electron chi connectivity index (χ3n) is 4.29. The Morgan fingerprint density at radius 3 is 2.70 bits per heavy atom. The molecule has 0 spiro atoms. The fourth-order valence-corrected chi connectivity index (χ4v) is 3.71. The summed E-state index contributed by atoms with van der Waals surface area (Å²) in [6.07, 6.45) is -3.48. The van der Waals surface area contributed by atoms with Crippen LogP contribution in [0.5, 0.6) is 0 Å². The number of hydrogen-bond acceptors (Lipinski definition) is 9. The maximum atomic E-state index is 11.9. The summed E-state index contributed by atoms with van der Waals surface area (Å²) in [5, 5.41) is 20.9. The fourth-order valence-electron chi connectivity index (χ4n) is 2.94. The first-order chi connectivity index (χ1) is 12.8. The molecule has 0 saturated carbocycles. The van der Waals surface area contributed by atoms with Gasteiger partial charge in [-0.3, -0.25) is 14.2 Å². The number of aromatic nitrogens is 3. The molecule has 0 bridgehead atoms. The monoisotopic (exact) mass is 443 g/mol. The molecule has 12 heteroatoms. The number of fused-ring (bicyclic) bond motifs is 1. The molecule has 0 aliphatic carbocycles. The molecule has 1 saturated heterocycles. The lowest BCUT2D eigenvalue weighted by Gasteiger charge is -2.18. The zero-order valence-corrected chi connectivity index (χ0v) is 15.8. The number of carbonyl (C=O) groups excluding carboxylic acids is 2. The Balaban J connectivity index is 2.03. The highest BCUT2D eigenvalue weighted by Crippen LogP contribution is 2.39. The molecule has 6 N–H and O–H groups in total. The van der Waals surface area contributed by atoms with Gasteiger partial charge >= 0.3 is 5.97 Å². The van der Waals surface area contributed by atoms with Crippen LogP contribution in [0, 0.1) is 0 Å². The van der Waals surface area contributed by atoms with Gasteiger partial charge in [-0.1, -0.05) is 6.92 Å². The second-order valence-corrected chi connectivity index (χ2v) is 6.69. The minimum atomic E-state index is -1.39. The zero-order chi connectivity index (χ0) is 19.9. The molecule has 0 radical (unpaired) electrons. The summed E-state index contributed by atoms with van der Waals surface area (Å²) in [5.74, 6) is -1.23. The molecule has 3 heterocycles. The Bertz CT molecular complexity index is 902. The second kappa shape index (κ2) is 7.38. The second-order valence-electron chi connectivity index (χ2n) is 5.94. The first-order valence-electron chi connectivity index (χ1n) is 8.04. The van der Waals surface area contributed by atoms with E-state index >= 15 is 0 Å². The smallest absolute Gasteiger partial charge is 0.305 e. The van der Waals surface area contributed by atoms with Crippen LogP contribution in [-0.4, -0.2) is 61.5 Å². The van der Waals surface area contributed by atoms with Crippen molar-refractivity contribution < 1.29 is 29.3 Å². The van der Waals surface area contributed by atoms with Crippen molar-refractivity contribution in [1.29, 1.82) is 0 Å². The van der Waals surface area contributed by atoms with Gasteiger partial charge in [-0.05, 0) is 15.9 Å². The van der Waals surface area contributed by atoms with Crippen LogP contribution in [0.3, 0.4) is 0 Å². The van der Waals surface area contributed by atoms with E-state index in [1.807, 2.05) is 0 Å². The summed E-state index contributed by atoms with van der Waals surface area (Å²) in [5.41, 5.74) is 11.5. The van der Waals surface area contributed by atoms with Crippen molar-refractivity contribution in [3.8, 4) is 0 Å². The third-order valence-corrected chi connectivity index (χ3v) is 5.07. The number of ether oxygens (including phenoxy) is 2. The maximum Gasteiger partial charge on any atom is 0.305 e. The van der Waals surface area contributed by atoms with E-state index in [0.29, 0.717) is 0 Å². The van der Waals surface area contributed by atoms with E-state index in [-0.39, 0.29) is 40.0 Å². The number of aliphatic hydroxyl groups excluding tert-OH is 2. The van der Waals surface area contributed by atoms with Gasteiger partial charge in [0.05, 0.1) is 10.9 Å². The number of esters is 1. The van der Waals surface area contributed by atoms with Gasteiger partial charge in [-0.15, -0.1) is 0 Å². The van der Waals surface area contributed by atoms with E-state index < -0.39 is 36.4 Å². The lowest BCUT2D eigenvalue weighted by molar-refractivity contribution is -0.149. The molecule has 1 amide bonds. The lowest BCUT2D eigenvalue weighted by atomic mass is 10.1. The average Bonchev–Trinajstić information content (AvgIpc) is 3.08. The number of rotatable bonds is 5. The lowest BCUT2D eigenvalue weighted by Crippen LogP contribution is -2.34. The fraction of sp³-hybridized carbons (Fsp3) is 0.467. The molecular weight excluding hydrogens is 426 g/mol. The summed E-state index contributed by atoms with van der Waals surface area (Å²) in [4.78, 5) is 31.2. The number of nitrogen functional groups attached to an aromatic ring is 1. The van der Waals surface area contributed by atoms with Crippen molar-refractivity contribution in [2.24, 2.45) is 5.73 Å². The number of nitrogens with zero attached hydrogens (tertiary/aromatic N) is 3. The van der Waals surface area contributed by atoms with Gasteiger partial charge < -0.3 is 31.2 Å². The Morgan fingerprint density at radius 1 is 1.37 bits per heavy atom. The molecule has 1 aliphatic rings. The van der Waals surface area contributed by atoms with Crippen molar-refractivity contribution in [2.45, 2.75) is 37.9 Å². The molecule has 1 fully saturated rings. The molecule has 2 aromatic heterocycles. The SMILES string of the molecule is CCC(=O)OC[C@@H]1O[C@H](n2c(Br)c(C(N)=O)c3c(N)ncnc32)[C@@H](O)[C@H]1O. The number of primary amides is 1. The van der Waals surface area contributed by atoms with Crippen LogP contribution in [0.15, 0.2) is 10.9 Å². The zero-order valence-electron chi connectivity index (χ0n) is 14.2.